The highest BCUT2D eigenvalue weighted by Crippen LogP contribution is 2.30. The summed E-state index contributed by atoms with van der Waals surface area (Å²) in [5.41, 5.74) is -0.399. The van der Waals surface area contributed by atoms with Crippen LogP contribution in [0.4, 0.5) is 14.5 Å². The molecule has 0 saturated carbocycles. The summed E-state index contributed by atoms with van der Waals surface area (Å²) < 4.78 is 27.7. The molecule has 128 valence electrons. The fourth-order valence-corrected chi connectivity index (χ4v) is 3.14. The normalized spacial score (nSPS) is 21.3. The second kappa shape index (κ2) is 6.54. The molecule has 0 bridgehead atoms. The van der Waals surface area contributed by atoms with Crippen LogP contribution >= 0.6 is 0 Å². The molecule has 2 heterocycles. The Morgan fingerprint density at radius 2 is 1.75 bits per heavy atom. The number of carbonyl (C=O) groups is 3. The summed E-state index contributed by atoms with van der Waals surface area (Å²) >= 11 is 0. The van der Waals surface area contributed by atoms with Gasteiger partial charge in [0.2, 0.25) is 18.2 Å². The van der Waals surface area contributed by atoms with Crippen molar-refractivity contribution in [2.75, 3.05) is 37.6 Å². The number of hydrogen-bond donors (Lipinski definition) is 0. The van der Waals surface area contributed by atoms with Gasteiger partial charge in [-0.1, -0.05) is 6.07 Å². The minimum absolute atomic E-state index is 0.0383. The van der Waals surface area contributed by atoms with E-state index in [-0.39, 0.29) is 18.9 Å². The number of hydrogen-bond acceptors (Lipinski definition) is 3. The molecular weight excluding hydrogens is 320 g/mol. The van der Waals surface area contributed by atoms with Crippen molar-refractivity contribution in [1.29, 1.82) is 0 Å². The maximum Gasteiger partial charge on any atom is 0.228 e. The largest absolute Gasteiger partial charge is 0.342 e. The maximum atomic E-state index is 13.9. The Bertz CT molecular complexity index is 654. The molecule has 0 radical (unpaired) electrons. The van der Waals surface area contributed by atoms with Gasteiger partial charge in [-0.25, -0.2) is 8.78 Å². The Balaban J connectivity index is 1.71. The van der Waals surface area contributed by atoms with Crippen LogP contribution in [-0.2, 0) is 14.4 Å². The van der Waals surface area contributed by atoms with E-state index in [1.54, 1.807) is 9.80 Å². The Morgan fingerprint density at radius 1 is 1.12 bits per heavy atom. The van der Waals surface area contributed by atoms with E-state index in [1.165, 1.54) is 6.07 Å². The molecule has 2 fully saturated rings. The van der Waals surface area contributed by atoms with Gasteiger partial charge in [-0.05, 0) is 12.1 Å². The van der Waals surface area contributed by atoms with Crippen molar-refractivity contribution >= 4 is 23.9 Å². The Hall–Kier alpha value is -2.51. The van der Waals surface area contributed by atoms with Crippen LogP contribution in [0.25, 0.3) is 0 Å². The lowest BCUT2D eigenvalue weighted by atomic mass is 10.1. The first-order chi connectivity index (χ1) is 11.5. The smallest absolute Gasteiger partial charge is 0.228 e. The lowest BCUT2D eigenvalue weighted by molar-refractivity contribution is -0.139. The summed E-state index contributed by atoms with van der Waals surface area (Å²) in [5, 5.41) is 0. The van der Waals surface area contributed by atoms with Gasteiger partial charge in [-0.3, -0.25) is 14.4 Å². The van der Waals surface area contributed by atoms with Crippen molar-refractivity contribution in [2.45, 2.75) is 6.42 Å². The van der Waals surface area contributed by atoms with Crippen LogP contribution in [0.5, 0.6) is 0 Å². The highest BCUT2D eigenvalue weighted by molar-refractivity contribution is 6.00. The summed E-state index contributed by atoms with van der Waals surface area (Å²) in [4.78, 5) is 39.6. The van der Waals surface area contributed by atoms with Gasteiger partial charge in [0, 0.05) is 39.1 Å². The molecule has 0 N–H and O–H groups in total. The van der Waals surface area contributed by atoms with Gasteiger partial charge in [-0.2, -0.15) is 0 Å². The molecule has 1 atom stereocenters. The van der Waals surface area contributed by atoms with Crippen LogP contribution in [0, 0.1) is 17.6 Å². The van der Waals surface area contributed by atoms with Gasteiger partial charge in [0.15, 0.2) is 0 Å². The molecule has 0 aliphatic carbocycles. The Kier molecular flexibility index (Phi) is 4.46. The maximum absolute atomic E-state index is 13.9. The van der Waals surface area contributed by atoms with Crippen molar-refractivity contribution in [3.8, 4) is 0 Å². The van der Waals surface area contributed by atoms with E-state index in [9.17, 15) is 23.2 Å². The fourth-order valence-electron chi connectivity index (χ4n) is 3.14. The standard InChI is InChI=1S/C16H17F2N3O3/c17-12-2-1-3-13(18)15(12)21-9-11(8-14(21)23)16(24)20-6-4-19(10-22)5-7-20/h1-3,10-11H,4-9H2. The number of benzene rings is 1. The third-order valence-electron chi connectivity index (χ3n) is 4.46. The molecular formula is C16H17F2N3O3. The highest BCUT2D eigenvalue weighted by atomic mass is 19.1. The quantitative estimate of drug-likeness (QED) is 0.760. The average molecular weight is 337 g/mol. The van der Waals surface area contributed by atoms with Gasteiger partial charge in [0.05, 0.1) is 5.92 Å². The number of amides is 3. The molecule has 24 heavy (non-hydrogen) atoms. The molecule has 1 unspecified atom stereocenters. The minimum Gasteiger partial charge on any atom is -0.342 e. The first kappa shape index (κ1) is 16.4. The van der Waals surface area contributed by atoms with Gasteiger partial charge in [-0.15, -0.1) is 0 Å². The van der Waals surface area contributed by atoms with E-state index >= 15 is 0 Å². The number of piperazine rings is 1. The Labute approximate surface area is 137 Å². The summed E-state index contributed by atoms with van der Waals surface area (Å²) in [6.07, 6.45) is 0.671. The molecule has 2 saturated heterocycles. The summed E-state index contributed by atoms with van der Waals surface area (Å²) in [5.74, 6) is -2.96. The predicted molar refractivity (Wildman–Crippen MR) is 81.0 cm³/mol. The average Bonchev–Trinajstić information content (AvgIpc) is 2.96. The minimum atomic E-state index is -0.823. The monoisotopic (exact) mass is 337 g/mol. The number of anilines is 1. The van der Waals surface area contributed by atoms with Crippen molar-refractivity contribution in [1.82, 2.24) is 9.80 Å². The number of nitrogens with zero attached hydrogens (tertiary/aromatic N) is 3. The third kappa shape index (κ3) is 2.95. The van der Waals surface area contributed by atoms with Crippen LogP contribution in [0.2, 0.25) is 0 Å². The number of carbonyl (C=O) groups excluding carboxylic acids is 3. The van der Waals surface area contributed by atoms with Crippen LogP contribution in [-0.4, -0.2) is 60.7 Å². The fraction of sp³-hybridized carbons (Fsp3) is 0.438. The van der Waals surface area contributed by atoms with Crippen LogP contribution in [0.15, 0.2) is 18.2 Å². The molecule has 2 aliphatic heterocycles. The molecule has 1 aromatic carbocycles. The van der Waals surface area contributed by atoms with E-state index in [4.69, 9.17) is 0 Å². The second-order valence-electron chi connectivity index (χ2n) is 5.94. The molecule has 1 aromatic rings. The summed E-state index contributed by atoms with van der Waals surface area (Å²) in [7, 11) is 0. The van der Waals surface area contributed by atoms with E-state index in [0.717, 1.165) is 23.4 Å². The van der Waals surface area contributed by atoms with Gasteiger partial charge in [0.1, 0.15) is 17.3 Å². The van der Waals surface area contributed by atoms with Crippen molar-refractivity contribution in [3.63, 3.8) is 0 Å². The van der Waals surface area contributed by atoms with Crippen molar-refractivity contribution in [3.05, 3.63) is 29.8 Å². The lowest BCUT2D eigenvalue weighted by Gasteiger charge is -2.33. The zero-order valence-corrected chi connectivity index (χ0v) is 13.0. The first-order valence-corrected chi connectivity index (χ1v) is 7.73. The summed E-state index contributed by atoms with van der Waals surface area (Å²) in [6, 6.07) is 3.39. The van der Waals surface area contributed by atoms with E-state index < -0.39 is 29.1 Å². The van der Waals surface area contributed by atoms with Crippen LogP contribution < -0.4 is 4.90 Å². The molecule has 3 rings (SSSR count). The molecule has 0 spiro atoms. The molecule has 8 heteroatoms. The van der Waals surface area contributed by atoms with Gasteiger partial charge >= 0.3 is 0 Å². The lowest BCUT2D eigenvalue weighted by Crippen LogP contribution is -2.50. The second-order valence-corrected chi connectivity index (χ2v) is 5.94. The molecule has 3 amide bonds. The zero-order chi connectivity index (χ0) is 17.3. The van der Waals surface area contributed by atoms with E-state index in [1.807, 2.05) is 0 Å². The number of halogens is 2. The van der Waals surface area contributed by atoms with Gasteiger partial charge in [0.25, 0.3) is 0 Å². The zero-order valence-electron chi connectivity index (χ0n) is 13.0. The van der Waals surface area contributed by atoms with E-state index in [2.05, 4.69) is 0 Å². The van der Waals surface area contributed by atoms with Crippen LogP contribution in [0.3, 0.4) is 0 Å². The van der Waals surface area contributed by atoms with Gasteiger partial charge < -0.3 is 14.7 Å². The van der Waals surface area contributed by atoms with E-state index in [0.29, 0.717) is 26.2 Å². The number of para-hydroxylation sites is 1. The molecule has 0 aromatic heterocycles. The third-order valence-corrected chi connectivity index (χ3v) is 4.46. The Morgan fingerprint density at radius 3 is 2.33 bits per heavy atom. The number of rotatable bonds is 3. The summed E-state index contributed by atoms with van der Waals surface area (Å²) in [6.45, 7) is 1.65. The SMILES string of the molecule is O=CN1CCN(C(=O)C2CC(=O)N(c3c(F)cccc3F)C2)CC1. The topological polar surface area (TPSA) is 60.9 Å². The highest BCUT2D eigenvalue weighted by Gasteiger charge is 2.39. The predicted octanol–water partition coefficient (Wildman–Crippen LogP) is 0.618. The first-order valence-electron chi connectivity index (χ1n) is 7.73. The van der Waals surface area contributed by atoms with Crippen LogP contribution in [0.1, 0.15) is 6.42 Å². The van der Waals surface area contributed by atoms with Crippen molar-refractivity contribution < 1.29 is 23.2 Å². The van der Waals surface area contributed by atoms with Crippen molar-refractivity contribution in [2.24, 2.45) is 5.92 Å². The molecule has 6 nitrogen and oxygen atoms in total. The molecule has 2 aliphatic rings.